The Balaban J connectivity index is 1.62. The Morgan fingerprint density at radius 1 is 1.15 bits per heavy atom. The van der Waals surface area contributed by atoms with E-state index in [-0.39, 0.29) is 0 Å². The molecule has 2 heterocycles. The lowest BCUT2D eigenvalue weighted by molar-refractivity contribution is 0.122. The van der Waals surface area contributed by atoms with Gasteiger partial charge < -0.3 is 20.3 Å². The predicted molar refractivity (Wildman–Crippen MR) is 113 cm³/mol. The Hall–Kier alpha value is -1.79. The molecular formula is C21H35N5O. The lowest BCUT2D eigenvalue weighted by Crippen LogP contribution is -2.44. The van der Waals surface area contributed by atoms with E-state index in [1.807, 2.05) is 0 Å². The molecule has 3 rings (SSSR count). The summed E-state index contributed by atoms with van der Waals surface area (Å²) in [7, 11) is 0. The van der Waals surface area contributed by atoms with Crippen molar-refractivity contribution in [3.05, 3.63) is 29.8 Å². The number of hydrogen-bond acceptors (Lipinski definition) is 4. The third-order valence-corrected chi connectivity index (χ3v) is 5.51. The first-order chi connectivity index (χ1) is 13.3. The molecular weight excluding hydrogens is 338 g/mol. The molecule has 0 radical (unpaired) electrons. The van der Waals surface area contributed by atoms with Crippen molar-refractivity contribution in [1.29, 1.82) is 0 Å². The Morgan fingerprint density at radius 2 is 1.96 bits per heavy atom. The van der Waals surface area contributed by atoms with Crippen molar-refractivity contribution < 1.29 is 4.74 Å². The lowest BCUT2D eigenvalue weighted by Gasteiger charge is -2.30. The highest BCUT2D eigenvalue weighted by Crippen LogP contribution is 2.22. The quantitative estimate of drug-likeness (QED) is 0.566. The average molecular weight is 374 g/mol. The predicted octanol–water partition coefficient (Wildman–Crippen LogP) is 2.06. The van der Waals surface area contributed by atoms with Gasteiger partial charge in [-0.05, 0) is 44.5 Å². The van der Waals surface area contributed by atoms with Gasteiger partial charge in [0.2, 0.25) is 0 Å². The van der Waals surface area contributed by atoms with Crippen LogP contribution in [0.4, 0.5) is 5.69 Å². The van der Waals surface area contributed by atoms with Gasteiger partial charge in [-0.25, -0.2) is 4.99 Å². The van der Waals surface area contributed by atoms with Crippen LogP contribution in [0.2, 0.25) is 0 Å². The van der Waals surface area contributed by atoms with Crippen molar-refractivity contribution in [2.24, 2.45) is 4.99 Å². The van der Waals surface area contributed by atoms with E-state index >= 15 is 0 Å². The highest BCUT2D eigenvalue weighted by molar-refractivity contribution is 5.79. The molecule has 150 valence electrons. The summed E-state index contributed by atoms with van der Waals surface area (Å²) in [5.74, 6) is 0.914. The number of anilines is 1. The SMILES string of the molecule is CCNC(=NCc1ccccc1N1CCOCC1)NCC1CCCN1CC. The number of nitrogens with one attached hydrogen (secondary N) is 2. The summed E-state index contributed by atoms with van der Waals surface area (Å²) in [5.41, 5.74) is 2.56. The lowest BCUT2D eigenvalue weighted by atomic mass is 10.1. The van der Waals surface area contributed by atoms with Gasteiger partial charge in [-0.1, -0.05) is 25.1 Å². The molecule has 0 bridgehead atoms. The number of benzene rings is 1. The van der Waals surface area contributed by atoms with Gasteiger partial charge >= 0.3 is 0 Å². The minimum absolute atomic E-state index is 0.625. The molecule has 6 heteroatoms. The zero-order valence-electron chi connectivity index (χ0n) is 16.9. The molecule has 1 atom stereocenters. The molecule has 0 aromatic heterocycles. The first-order valence-corrected chi connectivity index (χ1v) is 10.5. The monoisotopic (exact) mass is 373 g/mol. The molecule has 1 unspecified atom stereocenters. The van der Waals surface area contributed by atoms with Gasteiger partial charge in [0.1, 0.15) is 0 Å². The van der Waals surface area contributed by atoms with Gasteiger partial charge in [0.25, 0.3) is 0 Å². The number of hydrogen-bond donors (Lipinski definition) is 2. The van der Waals surface area contributed by atoms with E-state index < -0.39 is 0 Å². The molecule has 6 nitrogen and oxygen atoms in total. The fraction of sp³-hybridized carbons (Fsp3) is 0.667. The Morgan fingerprint density at radius 3 is 2.74 bits per heavy atom. The number of likely N-dealkylation sites (N-methyl/N-ethyl adjacent to an activating group) is 1. The van der Waals surface area contributed by atoms with E-state index in [1.165, 1.54) is 30.6 Å². The van der Waals surface area contributed by atoms with Crippen LogP contribution in [0.1, 0.15) is 32.3 Å². The van der Waals surface area contributed by atoms with Crippen LogP contribution in [0.15, 0.2) is 29.3 Å². The Kier molecular flexibility index (Phi) is 7.78. The molecule has 2 saturated heterocycles. The van der Waals surface area contributed by atoms with Crippen molar-refractivity contribution >= 4 is 11.6 Å². The summed E-state index contributed by atoms with van der Waals surface area (Å²) in [6.45, 7) is 12.8. The molecule has 2 aliphatic heterocycles. The maximum Gasteiger partial charge on any atom is 0.191 e. The Bertz CT molecular complexity index is 600. The Labute approximate surface area is 164 Å². The molecule has 1 aromatic carbocycles. The third-order valence-electron chi connectivity index (χ3n) is 5.51. The van der Waals surface area contributed by atoms with E-state index in [9.17, 15) is 0 Å². The molecule has 2 aliphatic rings. The van der Waals surface area contributed by atoms with E-state index in [0.29, 0.717) is 12.6 Å². The number of para-hydroxylation sites is 1. The molecule has 2 fully saturated rings. The van der Waals surface area contributed by atoms with Crippen LogP contribution in [0, 0.1) is 0 Å². The average Bonchev–Trinajstić information content (AvgIpc) is 3.18. The first-order valence-electron chi connectivity index (χ1n) is 10.5. The van der Waals surface area contributed by atoms with Gasteiger partial charge in [-0.15, -0.1) is 0 Å². The molecule has 27 heavy (non-hydrogen) atoms. The summed E-state index contributed by atoms with van der Waals surface area (Å²) in [6.07, 6.45) is 2.58. The fourth-order valence-electron chi connectivity index (χ4n) is 4.02. The van der Waals surface area contributed by atoms with Gasteiger partial charge in [0, 0.05) is 37.9 Å². The minimum atomic E-state index is 0.625. The molecule has 1 aromatic rings. The van der Waals surface area contributed by atoms with Crippen LogP contribution in [-0.4, -0.2) is 69.4 Å². The van der Waals surface area contributed by atoms with Crippen molar-refractivity contribution in [2.45, 2.75) is 39.3 Å². The van der Waals surface area contributed by atoms with Gasteiger partial charge in [0.05, 0.1) is 19.8 Å². The number of ether oxygens (including phenoxy) is 1. The van der Waals surface area contributed by atoms with E-state index in [0.717, 1.165) is 51.9 Å². The highest BCUT2D eigenvalue weighted by Gasteiger charge is 2.22. The maximum atomic E-state index is 5.50. The number of aliphatic imine (C=N–C) groups is 1. The second-order valence-corrected chi connectivity index (χ2v) is 7.23. The largest absolute Gasteiger partial charge is 0.378 e. The van der Waals surface area contributed by atoms with E-state index in [1.54, 1.807) is 0 Å². The number of guanidine groups is 1. The van der Waals surface area contributed by atoms with Crippen LogP contribution in [-0.2, 0) is 11.3 Å². The minimum Gasteiger partial charge on any atom is -0.378 e. The molecule has 2 N–H and O–H groups in total. The standard InChI is InChI=1S/C21H35N5O/c1-3-22-21(24-17-19-9-7-11-25(19)4-2)23-16-18-8-5-6-10-20(18)26-12-14-27-15-13-26/h5-6,8,10,19H,3-4,7,9,11-17H2,1-2H3,(H2,22,23,24). The number of nitrogens with zero attached hydrogens (tertiary/aromatic N) is 3. The first kappa shape index (κ1) is 20.0. The molecule has 0 amide bonds. The summed E-state index contributed by atoms with van der Waals surface area (Å²) < 4.78 is 5.50. The summed E-state index contributed by atoms with van der Waals surface area (Å²) in [6, 6.07) is 9.23. The molecule has 0 saturated carbocycles. The fourth-order valence-corrected chi connectivity index (χ4v) is 4.02. The van der Waals surface area contributed by atoms with Crippen LogP contribution in [0.3, 0.4) is 0 Å². The van der Waals surface area contributed by atoms with Crippen molar-refractivity contribution in [3.63, 3.8) is 0 Å². The maximum absolute atomic E-state index is 5.50. The van der Waals surface area contributed by atoms with E-state index in [2.05, 4.69) is 58.5 Å². The van der Waals surface area contributed by atoms with Gasteiger partial charge in [-0.2, -0.15) is 0 Å². The summed E-state index contributed by atoms with van der Waals surface area (Å²) in [5, 5.41) is 6.96. The summed E-state index contributed by atoms with van der Waals surface area (Å²) in [4.78, 5) is 9.84. The van der Waals surface area contributed by atoms with Crippen LogP contribution < -0.4 is 15.5 Å². The normalized spacial score (nSPS) is 21.5. The number of rotatable bonds is 7. The number of likely N-dealkylation sites (tertiary alicyclic amines) is 1. The van der Waals surface area contributed by atoms with Crippen molar-refractivity contribution in [1.82, 2.24) is 15.5 Å². The smallest absolute Gasteiger partial charge is 0.191 e. The molecule has 0 aliphatic carbocycles. The van der Waals surface area contributed by atoms with Crippen molar-refractivity contribution in [2.75, 3.05) is 57.4 Å². The highest BCUT2D eigenvalue weighted by atomic mass is 16.5. The van der Waals surface area contributed by atoms with Crippen LogP contribution >= 0.6 is 0 Å². The van der Waals surface area contributed by atoms with Crippen molar-refractivity contribution in [3.8, 4) is 0 Å². The van der Waals surface area contributed by atoms with E-state index in [4.69, 9.17) is 9.73 Å². The zero-order valence-corrected chi connectivity index (χ0v) is 16.9. The van der Waals surface area contributed by atoms with Gasteiger partial charge in [0.15, 0.2) is 5.96 Å². The second kappa shape index (κ2) is 10.5. The van der Waals surface area contributed by atoms with Crippen LogP contribution in [0.5, 0.6) is 0 Å². The van der Waals surface area contributed by atoms with Gasteiger partial charge in [-0.3, -0.25) is 4.90 Å². The topological polar surface area (TPSA) is 52.1 Å². The summed E-state index contributed by atoms with van der Waals surface area (Å²) >= 11 is 0. The molecule has 0 spiro atoms. The third kappa shape index (κ3) is 5.59. The number of morpholine rings is 1. The van der Waals surface area contributed by atoms with Crippen LogP contribution in [0.25, 0.3) is 0 Å². The second-order valence-electron chi connectivity index (χ2n) is 7.23. The zero-order chi connectivity index (χ0) is 18.9.